The zero-order valence-corrected chi connectivity index (χ0v) is 21.2. The summed E-state index contributed by atoms with van der Waals surface area (Å²) in [5.41, 5.74) is 5.31. The van der Waals surface area contributed by atoms with Gasteiger partial charge in [0.25, 0.3) is 5.91 Å². The molecule has 0 radical (unpaired) electrons. The van der Waals surface area contributed by atoms with Gasteiger partial charge in [0.05, 0.1) is 11.2 Å². The highest BCUT2D eigenvalue weighted by atomic mass is 35.5. The Hall–Kier alpha value is -4.57. The van der Waals surface area contributed by atoms with E-state index in [4.69, 9.17) is 25.8 Å². The van der Waals surface area contributed by atoms with Crippen molar-refractivity contribution < 1.29 is 28.6 Å². The molecule has 0 unspecified atom stereocenters. The Bertz CT molecular complexity index is 1360. The fraction of sp³-hybridized carbons (Fsp3) is 0.185. The zero-order valence-electron chi connectivity index (χ0n) is 20.5. The summed E-state index contributed by atoms with van der Waals surface area (Å²) in [5.74, 6) is -0.570. The van der Waals surface area contributed by atoms with Gasteiger partial charge < -0.3 is 24.8 Å². The SMILES string of the molecule is CCc1ccc(NC(=O)COc2ccc(/C=N\NC(=O)C(=O)NCc3ccc4c(c3)OCO4)cc2Cl)cc1. The van der Waals surface area contributed by atoms with E-state index in [-0.39, 0.29) is 30.9 Å². The van der Waals surface area contributed by atoms with Gasteiger partial charge in [-0.2, -0.15) is 5.10 Å². The minimum absolute atomic E-state index is 0.132. The van der Waals surface area contributed by atoms with Gasteiger partial charge >= 0.3 is 11.8 Å². The first-order valence-electron chi connectivity index (χ1n) is 11.7. The highest BCUT2D eigenvalue weighted by Gasteiger charge is 2.15. The van der Waals surface area contributed by atoms with Gasteiger partial charge in [-0.25, -0.2) is 5.43 Å². The Morgan fingerprint density at radius 1 is 0.974 bits per heavy atom. The van der Waals surface area contributed by atoms with Crippen LogP contribution in [-0.2, 0) is 27.3 Å². The van der Waals surface area contributed by atoms with E-state index < -0.39 is 11.8 Å². The van der Waals surface area contributed by atoms with Crippen molar-refractivity contribution in [1.29, 1.82) is 0 Å². The van der Waals surface area contributed by atoms with Gasteiger partial charge in [-0.3, -0.25) is 14.4 Å². The predicted octanol–water partition coefficient (Wildman–Crippen LogP) is 3.42. The first-order valence-corrected chi connectivity index (χ1v) is 12.1. The minimum atomic E-state index is -0.927. The molecule has 0 atom stereocenters. The minimum Gasteiger partial charge on any atom is -0.482 e. The third-order valence-corrected chi connectivity index (χ3v) is 5.73. The molecular weight excluding hydrogens is 512 g/mol. The molecule has 0 saturated heterocycles. The number of amides is 3. The van der Waals surface area contributed by atoms with Crippen LogP contribution in [0.3, 0.4) is 0 Å². The maximum Gasteiger partial charge on any atom is 0.329 e. The van der Waals surface area contributed by atoms with Crippen LogP contribution in [0.4, 0.5) is 5.69 Å². The van der Waals surface area contributed by atoms with Gasteiger partial charge in [-0.1, -0.05) is 36.7 Å². The number of hydrogen-bond acceptors (Lipinski definition) is 7. The van der Waals surface area contributed by atoms with E-state index in [0.717, 1.165) is 12.0 Å². The summed E-state index contributed by atoms with van der Waals surface area (Å²) in [5, 5.41) is 9.30. The highest BCUT2D eigenvalue weighted by molar-refractivity contribution is 6.35. The fourth-order valence-electron chi connectivity index (χ4n) is 3.41. The molecule has 1 heterocycles. The normalized spacial score (nSPS) is 11.7. The summed E-state index contributed by atoms with van der Waals surface area (Å²) in [4.78, 5) is 36.2. The lowest BCUT2D eigenvalue weighted by atomic mass is 10.1. The van der Waals surface area contributed by atoms with Crippen molar-refractivity contribution in [2.24, 2.45) is 5.10 Å². The number of benzene rings is 3. The van der Waals surface area contributed by atoms with E-state index in [1.54, 1.807) is 36.4 Å². The average Bonchev–Trinajstić information content (AvgIpc) is 3.39. The molecule has 0 bridgehead atoms. The van der Waals surface area contributed by atoms with E-state index in [2.05, 4.69) is 28.1 Å². The van der Waals surface area contributed by atoms with E-state index in [9.17, 15) is 14.4 Å². The third-order valence-electron chi connectivity index (χ3n) is 5.44. The molecule has 38 heavy (non-hydrogen) atoms. The van der Waals surface area contributed by atoms with Crippen LogP contribution in [0.15, 0.2) is 65.8 Å². The topological polar surface area (TPSA) is 127 Å². The molecular formula is C27H25ClN4O6. The Labute approximate surface area is 223 Å². The lowest BCUT2D eigenvalue weighted by molar-refractivity contribution is -0.139. The van der Waals surface area contributed by atoms with Gasteiger partial charge in [-0.15, -0.1) is 0 Å². The van der Waals surface area contributed by atoms with Gasteiger partial charge in [0.15, 0.2) is 18.1 Å². The standard InChI is InChI=1S/C27H25ClN4O6/c1-2-17-3-7-20(8-4-17)31-25(33)15-36-22-9-5-18(11-21(22)28)14-30-32-27(35)26(34)29-13-19-6-10-23-24(12-19)38-16-37-23/h3-12,14H,2,13,15-16H2,1H3,(H,29,34)(H,31,33)(H,32,35)/b30-14-. The molecule has 0 saturated carbocycles. The largest absolute Gasteiger partial charge is 0.482 e. The first-order chi connectivity index (χ1) is 18.4. The number of ether oxygens (including phenoxy) is 3. The summed E-state index contributed by atoms with van der Waals surface area (Å²) >= 11 is 6.25. The van der Waals surface area contributed by atoms with Crippen molar-refractivity contribution in [2.75, 3.05) is 18.7 Å². The molecule has 0 aromatic heterocycles. The average molecular weight is 537 g/mol. The number of carbonyl (C=O) groups excluding carboxylic acids is 3. The fourth-order valence-corrected chi connectivity index (χ4v) is 3.65. The lowest BCUT2D eigenvalue weighted by Crippen LogP contribution is -2.37. The summed E-state index contributed by atoms with van der Waals surface area (Å²) < 4.78 is 16.0. The van der Waals surface area contributed by atoms with E-state index in [1.807, 2.05) is 24.3 Å². The summed E-state index contributed by atoms with van der Waals surface area (Å²) in [6.07, 6.45) is 2.24. The molecule has 3 aromatic carbocycles. The summed E-state index contributed by atoms with van der Waals surface area (Å²) in [6, 6.07) is 17.5. The third kappa shape index (κ3) is 7.23. The molecule has 0 fully saturated rings. The van der Waals surface area contributed by atoms with Gasteiger partial charge in [-0.05, 0) is 65.6 Å². The van der Waals surface area contributed by atoms with Crippen LogP contribution in [0.1, 0.15) is 23.6 Å². The number of carbonyl (C=O) groups is 3. The summed E-state index contributed by atoms with van der Waals surface area (Å²) in [6.45, 7) is 2.12. The van der Waals surface area contributed by atoms with Crippen LogP contribution in [0.2, 0.25) is 5.02 Å². The van der Waals surface area contributed by atoms with Crippen molar-refractivity contribution in [3.8, 4) is 17.2 Å². The molecule has 1 aliphatic rings. The maximum atomic E-state index is 12.2. The van der Waals surface area contributed by atoms with E-state index >= 15 is 0 Å². The highest BCUT2D eigenvalue weighted by Crippen LogP contribution is 2.32. The molecule has 4 rings (SSSR count). The molecule has 3 amide bonds. The number of rotatable bonds is 9. The van der Waals surface area contributed by atoms with Crippen LogP contribution in [-0.4, -0.2) is 37.3 Å². The quantitative estimate of drug-likeness (QED) is 0.218. The molecule has 196 valence electrons. The monoisotopic (exact) mass is 536 g/mol. The van der Waals surface area contributed by atoms with Crippen LogP contribution in [0, 0.1) is 0 Å². The predicted molar refractivity (Wildman–Crippen MR) is 142 cm³/mol. The van der Waals surface area contributed by atoms with Gasteiger partial charge in [0.1, 0.15) is 5.75 Å². The number of hydrogen-bond donors (Lipinski definition) is 3. The smallest absolute Gasteiger partial charge is 0.329 e. The van der Waals surface area contributed by atoms with Crippen molar-refractivity contribution in [2.45, 2.75) is 19.9 Å². The summed E-state index contributed by atoms with van der Waals surface area (Å²) in [7, 11) is 0. The molecule has 0 aliphatic carbocycles. The Balaban J connectivity index is 1.20. The lowest BCUT2D eigenvalue weighted by Gasteiger charge is -2.09. The van der Waals surface area contributed by atoms with E-state index in [0.29, 0.717) is 28.5 Å². The zero-order chi connectivity index (χ0) is 26.9. The Morgan fingerprint density at radius 3 is 2.50 bits per heavy atom. The number of anilines is 1. The number of aryl methyl sites for hydroxylation is 1. The molecule has 10 nitrogen and oxygen atoms in total. The van der Waals surface area contributed by atoms with Crippen molar-refractivity contribution in [1.82, 2.24) is 10.7 Å². The molecule has 3 N–H and O–H groups in total. The second-order valence-corrected chi connectivity index (χ2v) is 8.55. The first kappa shape index (κ1) is 26.5. The maximum absolute atomic E-state index is 12.2. The number of fused-ring (bicyclic) bond motifs is 1. The number of hydrazone groups is 1. The van der Waals surface area contributed by atoms with Crippen molar-refractivity contribution >= 4 is 41.2 Å². The van der Waals surface area contributed by atoms with Crippen molar-refractivity contribution in [3.05, 3.63) is 82.4 Å². The van der Waals surface area contributed by atoms with E-state index in [1.165, 1.54) is 11.8 Å². The second-order valence-electron chi connectivity index (χ2n) is 8.15. The van der Waals surface area contributed by atoms with Crippen LogP contribution >= 0.6 is 11.6 Å². The number of nitrogens with zero attached hydrogens (tertiary/aromatic N) is 1. The molecule has 0 spiro atoms. The number of nitrogens with one attached hydrogen (secondary N) is 3. The van der Waals surface area contributed by atoms with Gasteiger partial charge in [0, 0.05) is 12.2 Å². The molecule has 3 aromatic rings. The number of halogens is 1. The van der Waals surface area contributed by atoms with Crippen LogP contribution in [0.25, 0.3) is 0 Å². The van der Waals surface area contributed by atoms with Gasteiger partial charge in [0.2, 0.25) is 6.79 Å². The second kappa shape index (κ2) is 12.6. The molecule has 11 heteroatoms. The Morgan fingerprint density at radius 2 is 1.74 bits per heavy atom. The van der Waals surface area contributed by atoms with Crippen LogP contribution in [0.5, 0.6) is 17.2 Å². The van der Waals surface area contributed by atoms with Crippen molar-refractivity contribution in [3.63, 3.8) is 0 Å². The Kier molecular flexibility index (Phi) is 8.78. The van der Waals surface area contributed by atoms with Crippen LogP contribution < -0.4 is 30.3 Å². The molecule has 1 aliphatic heterocycles.